The van der Waals surface area contributed by atoms with Crippen LogP contribution < -0.4 is 103 Å². The number of unbranched alkanes of at least 4 members (excludes halogenated alkanes) is 9. The molecular weight excluding hydrogens is 403 g/mol. The van der Waals surface area contributed by atoms with E-state index < -0.39 is 15.6 Å². The molecule has 0 aromatic rings. The summed E-state index contributed by atoms with van der Waals surface area (Å²) in [6.07, 6.45) is 11.1. The van der Waals surface area contributed by atoms with E-state index in [1.807, 2.05) is 0 Å². The molecule has 0 saturated heterocycles. The van der Waals surface area contributed by atoms with Gasteiger partial charge in [-0.2, -0.15) is 4.67 Å². The maximum Gasteiger partial charge on any atom is 1.00 e. The molecule has 0 heterocycles. The largest absolute Gasteiger partial charge is 1.00 e. The minimum atomic E-state index is -5.65. The molecule has 0 rings (SSSR count). The quantitative estimate of drug-likeness (QED) is 0.0827. The van der Waals surface area contributed by atoms with E-state index >= 15 is 0 Å². The van der Waals surface area contributed by atoms with E-state index in [1.165, 1.54) is 38.5 Å². The van der Waals surface area contributed by atoms with E-state index in [0.29, 0.717) is 6.42 Å². The van der Waals surface area contributed by atoms with Crippen LogP contribution in [0.2, 0.25) is 0 Å². The summed E-state index contributed by atoms with van der Waals surface area (Å²) in [5.74, 6) is 0. The minimum Gasteiger partial charge on any atom is -0.790 e. The maximum atomic E-state index is 10.8. The zero-order valence-corrected chi connectivity index (χ0v) is 23.7. The molecule has 1 atom stereocenters. The van der Waals surface area contributed by atoms with Crippen LogP contribution >= 0.6 is 15.6 Å². The molecule has 0 bridgehead atoms. The Morgan fingerprint density at radius 1 is 0.720 bits per heavy atom. The summed E-state index contributed by atoms with van der Waals surface area (Å²) < 4.78 is 27.9. The Morgan fingerprint density at radius 3 is 1.52 bits per heavy atom. The summed E-state index contributed by atoms with van der Waals surface area (Å²) in [4.78, 5) is 35.3. The summed E-state index contributed by atoms with van der Waals surface area (Å²) in [5.41, 5.74) is 0. The van der Waals surface area contributed by atoms with Gasteiger partial charge < -0.3 is 19.2 Å². The van der Waals surface area contributed by atoms with Crippen molar-refractivity contribution < 1.29 is 126 Å². The molecule has 0 aromatic carbocycles. The van der Waals surface area contributed by atoms with Gasteiger partial charge in [-0.3, -0.25) is 8.88 Å². The van der Waals surface area contributed by atoms with Crippen molar-refractivity contribution in [3.8, 4) is 0 Å². The number of hydrogen-bond acceptors (Lipinski definition) is 8. The fourth-order valence-electron chi connectivity index (χ4n) is 1.89. The average Bonchev–Trinajstić information content (AvgIpc) is 2.37. The van der Waals surface area contributed by atoms with Crippen LogP contribution in [-0.2, 0) is 23.0 Å². The molecule has 0 radical (unpaired) electrons. The number of rotatable bonds is 15. The maximum absolute atomic E-state index is 10.8. The van der Waals surface area contributed by atoms with Gasteiger partial charge in [0.05, 0.1) is 14.4 Å². The third-order valence-corrected chi connectivity index (χ3v) is 4.81. The van der Waals surface area contributed by atoms with Crippen LogP contribution in [0.5, 0.6) is 0 Å². The second-order valence-corrected chi connectivity index (χ2v) is 7.65. The first-order chi connectivity index (χ1) is 10.3. The predicted molar refractivity (Wildman–Crippen MR) is 75.2 cm³/mol. The molecule has 134 valence electrons. The standard InChI is InChI=1S/C12H28O8P2.3Na/c1-2-3-4-5-6-7-8-9-10-11-12-18-19-22(16,17)20-21(13,14)15;;;/h2-12H2,1H3,(H,16,17)(H2,13,14,15);;;/q;3*+1/p-3. The molecule has 0 aromatic heterocycles. The summed E-state index contributed by atoms with van der Waals surface area (Å²) >= 11 is 0. The second kappa shape index (κ2) is 21.9. The van der Waals surface area contributed by atoms with Gasteiger partial charge in [0.15, 0.2) is 0 Å². The Hall–Kier alpha value is 3.22. The number of hydrogen-bond donors (Lipinski definition) is 0. The molecule has 0 spiro atoms. The van der Waals surface area contributed by atoms with Gasteiger partial charge in [0.25, 0.3) is 0 Å². The minimum absolute atomic E-state index is 0. The molecule has 25 heavy (non-hydrogen) atoms. The van der Waals surface area contributed by atoms with Crippen LogP contribution in [0.25, 0.3) is 0 Å². The Balaban J connectivity index is -0.000000735. The monoisotopic (exact) mass is 428 g/mol. The van der Waals surface area contributed by atoms with Crippen LogP contribution in [0.4, 0.5) is 0 Å². The van der Waals surface area contributed by atoms with Crippen molar-refractivity contribution in [2.75, 3.05) is 6.61 Å². The van der Waals surface area contributed by atoms with Crippen molar-refractivity contribution in [1.82, 2.24) is 0 Å². The summed E-state index contributed by atoms with van der Waals surface area (Å²) in [5, 5.41) is 0. The van der Waals surface area contributed by atoms with Gasteiger partial charge in [0.1, 0.15) is 0 Å². The van der Waals surface area contributed by atoms with Gasteiger partial charge >= 0.3 is 96.5 Å². The van der Waals surface area contributed by atoms with Crippen LogP contribution in [0.15, 0.2) is 0 Å². The van der Waals surface area contributed by atoms with Gasteiger partial charge in [-0.1, -0.05) is 64.7 Å². The Kier molecular flexibility index (Phi) is 31.2. The van der Waals surface area contributed by atoms with E-state index in [4.69, 9.17) is 0 Å². The van der Waals surface area contributed by atoms with Crippen LogP contribution in [-0.4, -0.2) is 6.61 Å². The van der Waals surface area contributed by atoms with Gasteiger partial charge in [0, 0.05) is 0 Å². The second-order valence-electron chi connectivity index (χ2n) is 5.05. The molecule has 0 aliphatic carbocycles. The fraction of sp³-hybridized carbons (Fsp3) is 1.00. The van der Waals surface area contributed by atoms with E-state index in [1.54, 1.807) is 0 Å². The van der Waals surface area contributed by atoms with E-state index in [0.717, 1.165) is 19.3 Å². The average molecular weight is 428 g/mol. The molecule has 0 N–H and O–H groups in total. The predicted octanol–water partition coefficient (Wildman–Crippen LogP) is -6.82. The van der Waals surface area contributed by atoms with Gasteiger partial charge in [-0.05, 0) is 6.42 Å². The summed E-state index contributed by atoms with van der Waals surface area (Å²) in [7, 11) is -10.9. The van der Waals surface area contributed by atoms with Crippen molar-refractivity contribution >= 4 is 15.6 Å². The van der Waals surface area contributed by atoms with Gasteiger partial charge in [-0.25, -0.2) is 4.89 Å². The molecular formula is C12H25Na3O8P2. The van der Waals surface area contributed by atoms with Crippen molar-refractivity contribution in [3.63, 3.8) is 0 Å². The van der Waals surface area contributed by atoms with E-state index in [9.17, 15) is 23.8 Å². The molecule has 0 fully saturated rings. The van der Waals surface area contributed by atoms with Gasteiger partial charge in [-0.15, -0.1) is 0 Å². The first-order valence-corrected chi connectivity index (χ1v) is 10.5. The van der Waals surface area contributed by atoms with Crippen LogP contribution in [0.1, 0.15) is 71.1 Å². The zero-order valence-electron chi connectivity index (χ0n) is 15.9. The van der Waals surface area contributed by atoms with Crippen molar-refractivity contribution in [2.45, 2.75) is 71.1 Å². The first-order valence-electron chi connectivity index (χ1n) is 7.62. The molecule has 0 amide bonds. The van der Waals surface area contributed by atoms with Gasteiger partial charge in [0.2, 0.25) is 0 Å². The van der Waals surface area contributed by atoms with Crippen molar-refractivity contribution in [2.24, 2.45) is 0 Å². The topological polar surface area (TPSA) is 131 Å². The Bertz CT molecular complexity index is 370. The first kappa shape index (κ1) is 35.6. The molecule has 0 saturated carbocycles. The Morgan fingerprint density at radius 2 is 1.12 bits per heavy atom. The Labute approximate surface area is 217 Å². The smallest absolute Gasteiger partial charge is 0.790 e. The van der Waals surface area contributed by atoms with Crippen LogP contribution in [0, 0.1) is 0 Å². The van der Waals surface area contributed by atoms with Crippen LogP contribution in [0.3, 0.4) is 0 Å². The fourth-order valence-corrected chi connectivity index (χ4v) is 3.18. The summed E-state index contributed by atoms with van der Waals surface area (Å²) in [6, 6.07) is 0. The third kappa shape index (κ3) is 29.5. The van der Waals surface area contributed by atoms with Crippen molar-refractivity contribution in [3.05, 3.63) is 0 Å². The van der Waals surface area contributed by atoms with Crippen molar-refractivity contribution in [1.29, 1.82) is 0 Å². The zero-order chi connectivity index (χ0) is 16.9. The molecule has 1 unspecified atom stereocenters. The normalized spacial score (nSPS) is 13.1. The molecule has 0 aliphatic rings. The van der Waals surface area contributed by atoms with E-state index in [-0.39, 0.29) is 95.3 Å². The SMILES string of the molecule is CCCCCCCCCCCCOOP(=O)([O-])OP(=O)([O-])[O-].[Na+].[Na+].[Na+]. The van der Waals surface area contributed by atoms with E-state index in [2.05, 4.69) is 20.8 Å². The number of phosphoric acid groups is 2. The molecule has 13 heteroatoms. The molecule has 8 nitrogen and oxygen atoms in total. The molecule has 0 aliphatic heterocycles. The summed E-state index contributed by atoms with van der Waals surface area (Å²) in [6.45, 7) is 2.16. The third-order valence-electron chi connectivity index (χ3n) is 2.93.